The van der Waals surface area contributed by atoms with Crippen LogP contribution < -0.4 is 0 Å². The van der Waals surface area contributed by atoms with Crippen molar-refractivity contribution in [2.24, 2.45) is 0 Å². The van der Waals surface area contributed by atoms with Crippen LogP contribution in [-0.2, 0) is 16.1 Å². The van der Waals surface area contributed by atoms with E-state index in [1.54, 1.807) is 38.6 Å². The van der Waals surface area contributed by atoms with E-state index < -0.39 is 23.5 Å². The summed E-state index contributed by atoms with van der Waals surface area (Å²) in [6, 6.07) is 4.78. The molecule has 0 radical (unpaired) electrons. The number of hydrogen-bond donors (Lipinski definition) is 1. The largest absolute Gasteiger partial charge is 0.507 e. The zero-order valence-electron chi connectivity index (χ0n) is 17.7. The molecule has 0 spiro atoms. The first-order valence-electron chi connectivity index (χ1n) is 10.2. The van der Waals surface area contributed by atoms with Gasteiger partial charge in [-0.25, -0.2) is 19.3 Å². The van der Waals surface area contributed by atoms with Crippen molar-refractivity contribution < 1.29 is 19.1 Å². The number of aryl methyl sites for hydroxylation is 3. The number of carbonyl (C=O) groups is 2. The van der Waals surface area contributed by atoms with Gasteiger partial charge in [-0.05, 0) is 38.0 Å². The number of aromatic nitrogens is 4. The number of halogens is 1. The van der Waals surface area contributed by atoms with E-state index in [9.17, 15) is 19.1 Å². The van der Waals surface area contributed by atoms with Crippen molar-refractivity contribution in [2.45, 2.75) is 32.9 Å². The molecule has 3 aromatic rings. The highest BCUT2D eigenvalue weighted by atomic mass is 19.1. The van der Waals surface area contributed by atoms with Gasteiger partial charge in [0.15, 0.2) is 0 Å². The van der Waals surface area contributed by atoms with Crippen LogP contribution in [0.15, 0.2) is 54.8 Å². The first kappa shape index (κ1) is 21.4. The Bertz CT molecular complexity index is 1210. The summed E-state index contributed by atoms with van der Waals surface area (Å²) >= 11 is 0. The normalized spacial score (nSPS) is 17.8. The molecule has 164 valence electrons. The zero-order chi connectivity index (χ0) is 22.8. The van der Waals surface area contributed by atoms with Crippen LogP contribution in [0.2, 0.25) is 0 Å². The molecule has 4 rings (SSSR count). The van der Waals surface area contributed by atoms with Gasteiger partial charge in [0.05, 0.1) is 29.2 Å². The molecule has 1 atom stereocenters. The highest BCUT2D eigenvalue weighted by Gasteiger charge is 2.46. The molecule has 1 aliphatic rings. The van der Waals surface area contributed by atoms with Crippen molar-refractivity contribution in [1.82, 2.24) is 24.4 Å². The first-order chi connectivity index (χ1) is 15.4. The molecule has 0 saturated carbocycles. The summed E-state index contributed by atoms with van der Waals surface area (Å²) in [5.41, 5.74) is 1.03. The highest BCUT2D eigenvalue weighted by molar-refractivity contribution is 6.46. The lowest BCUT2D eigenvalue weighted by molar-refractivity contribution is -0.139. The fourth-order valence-corrected chi connectivity index (χ4v) is 3.94. The minimum Gasteiger partial charge on any atom is -0.507 e. The number of imidazole rings is 1. The SMILES string of the molecule is Cc1ncc(C(O)=C2C(=O)C(=O)N(CCCn3ccnc3)C2c2cccc(F)c2)c(C)n1. The molecule has 1 aromatic carbocycles. The van der Waals surface area contributed by atoms with E-state index in [4.69, 9.17) is 0 Å². The number of aliphatic hydroxyl groups excluding tert-OH is 1. The molecular weight excluding hydrogens is 413 g/mol. The van der Waals surface area contributed by atoms with E-state index in [0.29, 0.717) is 30.0 Å². The Hall–Kier alpha value is -3.88. The summed E-state index contributed by atoms with van der Waals surface area (Å²) in [6.45, 7) is 4.22. The average Bonchev–Trinajstić information content (AvgIpc) is 3.35. The van der Waals surface area contributed by atoms with Crippen LogP contribution in [0.25, 0.3) is 5.76 Å². The number of rotatable bonds is 6. The molecule has 3 heterocycles. The third-order valence-electron chi connectivity index (χ3n) is 5.43. The number of benzene rings is 1. The Morgan fingerprint density at radius 3 is 2.72 bits per heavy atom. The standard InChI is InChI=1S/C23H22FN5O3/c1-14-18(12-26-15(2)27-14)21(30)19-20(16-5-3-6-17(24)11-16)29(23(32)22(19)31)9-4-8-28-10-7-25-13-28/h3,5-7,10-13,20,30H,4,8-9H2,1-2H3. The summed E-state index contributed by atoms with van der Waals surface area (Å²) in [4.78, 5) is 39.7. The summed E-state index contributed by atoms with van der Waals surface area (Å²) in [5, 5.41) is 11.1. The molecule has 1 saturated heterocycles. The smallest absolute Gasteiger partial charge is 0.295 e. The maximum absolute atomic E-state index is 14.0. The van der Waals surface area contributed by atoms with Gasteiger partial charge in [-0.2, -0.15) is 0 Å². The molecule has 0 bridgehead atoms. The molecule has 1 unspecified atom stereocenters. The molecule has 9 heteroatoms. The van der Waals surface area contributed by atoms with Gasteiger partial charge in [-0.1, -0.05) is 12.1 Å². The Labute approximate surface area is 184 Å². The number of ketones is 1. The highest BCUT2D eigenvalue weighted by Crippen LogP contribution is 2.39. The van der Waals surface area contributed by atoms with Crippen LogP contribution in [-0.4, -0.2) is 47.8 Å². The molecule has 1 fully saturated rings. The Morgan fingerprint density at radius 1 is 1.22 bits per heavy atom. The summed E-state index contributed by atoms with van der Waals surface area (Å²) in [7, 11) is 0. The van der Waals surface area contributed by atoms with Crippen LogP contribution in [0.5, 0.6) is 0 Å². The van der Waals surface area contributed by atoms with Gasteiger partial charge in [0.25, 0.3) is 11.7 Å². The van der Waals surface area contributed by atoms with Gasteiger partial charge in [0.1, 0.15) is 17.4 Å². The number of aliphatic hydroxyl groups is 1. The second-order valence-electron chi connectivity index (χ2n) is 7.62. The van der Waals surface area contributed by atoms with Gasteiger partial charge >= 0.3 is 0 Å². The minimum absolute atomic E-state index is 0.0983. The van der Waals surface area contributed by atoms with E-state index in [-0.39, 0.29) is 23.4 Å². The van der Waals surface area contributed by atoms with Crippen LogP contribution in [0.3, 0.4) is 0 Å². The van der Waals surface area contributed by atoms with Crippen LogP contribution in [0, 0.1) is 19.7 Å². The molecule has 8 nitrogen and oxygen atoms in total. The Morgan fingerprint density at radius 2 is 2.03 bits per heavy atom. The molecule has 2 aromatic heterocycles. The van der Waals surface area contributed by atoms with E-state index in [0.717, 1.165) is 0 Å². The molecular formula is C23H22FN5O3. The van der Waals surface area contributed by atoms with Crippen LogP contribution in [0.4, 0.5) is 4.39 Å². The molecule has 32 heavy (non-hydrogen) atoms. The monoisotopic (exact) mass is 435 g/mol. The third kappa shape index (κ3) is 4.01. The number of Topliss-reactive ketones (excluding diaryl/α,β-unsaturated/α-hetero) is 1. The predicted molar refractivity (Wildman–Crippen MR) is 114 cm³/mol. The molecule has 1 N–H and O–H groups in total. The zero-order valence-corrected chi connectivity index (χ0v) is 17.7. The number of carbonyl (C=O) groups excluding carboxylic acids is 2. The lowest BCUT2D eigenvalue weighted by atomic mass is 9.95. The predicted octanol–water partition coefficient (Wildman–Crippen LogP) is 2.94. The van der Waals surface area contributed by atoms with Gasteiger partial charge in [-0.15, -0.1) is 0 Å². The van der Waals surface area contributed by atoms with Crippen molar-refractivity contribution in [3.8, 4) is 0 Å². The summed E-state index contributed by atoms with van der Waals surface area (Å²) < 4.78 is 15.9. The van der Waals surface area contributed by atoms with Crippen molar-refractivity contribution in [3.63, 3.8) is 0 Å². The quantitative estimate of drug-likeness (QED) is 0.363. The number of nitrogens with zero attached hydrogens (tertiary/aromatic N) is 5. The number of likely N-dealkylation sites (tertiary alicyclic amines) is 1. The van der Waals surface area contributed by atoms with Crippen molar-refractivity contribution in [3.05, 3.63) is 83.2 Å². The fraction of sp³-hybridized carbons (Fsp3) is 0.261. The van der Waals surface area contributed by atoms with Gasteiger partial charge in [-0.3, -0.25) is 9.59 Å². The first-order valence-corrected chi connectivity index (χ1v) is 10.2. The van der Waals surface area contributed by atoms with E-state index in [1.807, 2.05) is 4.57 Å². The second kappa shape index (κ2) is 8.70. The van der Waals surface area contributed by atoms with E-state index >= 15 is 0 Å². The maximum Gasteiger partial charge on any atom is 0.295 e. The average molecular weight is 435 g/mol. The summed E-state index contributed by atoms with van der Waals surface area (Å²) in [6.07, 6.45) is 7.09. The summed E-state index contributed by atoms with van der Waals surface area (Å²) in [5.74, 6) is -1.91. The molecule has 1 aliphatic heterocycles. The van der Waals surface area contributed by atoms with E-state index in [1.165, 1.54) is 29.3 Å². The lowest BCUT2D eigenvalue weighted by Crippen LogP contribution is -2.31. The second-order valence-corrected chi connectivity index (χ2v) is 7.62. The van der Waals surface area contributed by atoms with Gasteiger partial charge in [0, 0.05) is 31.7 Å². The van der Waals surface area contributed by atoms with Crippen molar-refractivity contribution in [2.75, 3.05) is 6.54 Å². The Balaban J connectivity index is 1.76. The van der Waals surface area contributed by atoms with E-state index in [2.05, 4.69) is 15.0 Å². The van der Waals surface area contributed by atoms with Gasteiger partial charge in [0.2, 0.25) is 0 Å². The maximum atomic E-state index is 14.0. The van der Waals surface area contributed by atoms with Crippen LogP contribution >= 0.6 is 0 Å². The molecule has 0 aliphatic carbocycles. The Kier molecular flexibility index (Phi) is 5.81. The van der Waals surface area contributed by atoms with Crippen molar-refractivity contribution in [1.29, 1.82) is 0 Å². The van der Waals surface area contributed by atoms with Crippen LogP contribution in [0.1, 0.15) is 35.1 Å². The topological polar surface area (TPSA) is 101 Å². The van der Waals surface area contributed by atoms with Crippen molar-refractivity contribution >= 4 is 17.4 Å². The molecule has 1 amide bonds. The third-order valence-corrected chi connectivity index (χ3v) is 5.43. The fourth-order valence-electron chi connectivity index (χ4n) is 3.94. The minimum atomic E-state index is -0.922. The van der Waals surface area contributed by atoms with Gasteiger partial charge < -0.3 is 14.6 Å². The lowest BCUT2D eigenvalue weighted by Gasteiger charge is -2.25. The number of hydrogen-bond acceptors (Lipinski definition) is 6. The number of amides is 1.